The molecule has 0 amide bonds. The third kappa shape index (κ3) is 5.45. The quantitative estimate of drug-likeness (QED) is 0.218. The highest BCUT2D eigenvalue weighted by Gasteiger charge is 2.17. The lowest BCUT2D eigenvalue weighted by Crippen LogP contribution is -2.37. The van der Waals surface area contributed by atoms with Crippen molar-refractivity contribution in [3.63, 3.8) is 0 Å². The number of nitrogens with zero attached hydrogens (tertiary/aromatic N) is 7. The molecule has 5 rings (SSSR count). The van der Waals surface area contributed by atoms with Crippen molar-refractivity contribution in [3.8, 4) is 5.69 Å². The van der Waals surface area contributed by atoms with Gasteiger partial charge in [-0.05, 0) is 30.3 Å². The van der Waals surface area contributed by atoms with Gasteiger partial charge in [0.15, 0.2) is 0 Å². The molecular formula is C24H23N9O3. The van der Waals surface area contributed by atoms with Crippen LogP contribution in [-0.4, -0.2) is 57.0 Å². The number of anilines is 4. The van der Waals surface area contributed by atoms with E-state index in [2.05, 4.69) is 30.8 Å². The summed E-state index contributed by atoms with van der Waals surface area (Å²) in [5, 5.41) is 18.7. The van der Waals surface area contributed by atoms with Gasteiger partial charge in [-0.15, -0.1) is 0 Å². The van der Waals surface area contributed by atoms with E-state index in [1.54, 1.807) is 22.9 Å². The standard InChI is InChI=1S/C24H23N9O3/c34-33(35)20-9-4-8-19(16-20)32-11-5-10-21(32)17-25-30-23-27-22(26-18-6-2-1-3-7-18)28-24(29-23)31-12-14-36-15-13-31/h1-11,16-17H,12-15H2,(H2,26,27,28,29,30)/b25-17-. The van der Waals surface area contributed by atoms with Crippen molar-refractivity contribution in [1.82, 2.24) is 19.5 Å². The molecule has 0 bridgehead atoms. The monoisotopic (exact) mass is 485 g/mol. The van der Waals surface area contributed by atoms with Gasteiger partial charge in [-0.3, -0.25) is 10.1 Å². The second-order valence-electron chi connectivity index (χ2n) is 7.82. The van der Waals surface area contributed by atoms with Crippen LogP contribution in [0.2, 0.25) is 0 Å². The average Bonchev–Trinajstić information content (AvgIpc) is 3.38. The summed E-state index contributed by atoms with van der Waals surface area (Å²) in [4.78, 5) is 26.3. The number of non-ortho nitro benzene ring substituents is 1. The summed E-state index contributed by atoms with van der Waals surface area (Å²) in [7, 11) is 0. The summed E-state index contributed by atoms with van der Waals surface area (Å²) in [5.74, 6) is 1.18. The van der Waals surface area contributed by atoms with Crippen LogP contribution in [0.4, 0.5) is 29.2 Å². The van der Waals surface area contributed by atoms with Crippen LogP contribution in [0.1, 0.15) is 5.69 Å². The van der Waals surface area contributed by atoms with Gasteiger partial charge < -0.3 is 19.5 Å². The highest BCUT2D eigenvalue weighted by molar-refractivity contribution is 5.79. The van der Waals surface area contributed by atoms with Gasteiger partial charge in [0.25, 0.3) is 5.69 Å². The van der Waals surface area contributed by atoms with Crippen molar-refractivity contribution in [2.45, 2.75) is 0 Å². The second-order valence-corrected chi connectivity index (χ2v) is 7.82. The molecule has 1 fully saturated rings. The van der Waals surface area contributed by atoms with E-state index in [1.807, 2.05) is 53.6 Å². The van der Waals surface area contributed by atoms with E-state index < -0.39 is 4.92 Å². The number of para-hydroxylation sites is 1. The van der Waals surface area contributed by atoms with Gasteiger partial charge in [0.05, 0.1) is 35.7 Å². The second kappa shape index (κ2) is 10.6. The van der Waals surface area contributed by atoms with E-state index in [0.29, 0.717) is 49.6 Å². The van der Waals surface area contributed by atoms with Gasteiger partial charge in [-0.2, -0.15) is 20.1 Å². The molecule has 0 unspecified atom stereocenters. The van der Waals surface area contributed by atoms with Crippen LogP contribution in [-0.2, 0) is 4.74 Å². The van der Waals surface area contributed by atoms with Crippen LogP contribution >= 0.6 is 0 Å². The van der Waals surface area contributed by atoms with Gasteiger partial charge >= 0.3 is 0 Å². The Kier molecular flexibility index (Phi) is 6.76. The molecule has 12 nitrogen and oxygen atoms in total. The first-order valence-electron chi connectivity index (χ1n) is 11.3. The number of morpholine rings is 1. The van der Waals surface area contributed by atoms with Crippen LogP contribution in [0.5, 0.6) is 0 Å². The first-order valence-corrected chi connectivity index (χ1v) is 11.3. The lowest BCUT2D eigenvalue weighted by Gasteiger charge is -2.27. The summed E-state index contributed by atoms with van der Waals surface area (Å²) in [6.45, 7) is 2.55. The summed E-state index contributed by atoms with van der Waals surface area (Å²) in [6.07, 6.45) is 3.41. The summed E-state index contributed by atoms with van der Waals surface area (Å²) in [6, 6.07) is 19.7. The topological polar surface area (TPSA) is 136 Å². The molecule has 4 aromatic rings. The molecule has 0 atom stereocenters. The van der Waals surface area contributed by atoms with Crippen molar-refractivity contribution in [2.24, 2.45) is 5.10 Å². The number of ether oxygens (including phenoxy) is 1. The van der Waals surface area contributed by atoms with E-state index in [9.17, 15) is 10.1 Å². The van der Waals surface area contributed by atoms with Crippen molar-refractivity contribution >= 4 is 35.4 Å². The minimum Gasteiger partial charge on any atom is -0.378 e. The van der Waals surface area contributed by atoms with Crippen molar-refractivity contribution < 1.29 is 9.66 Å². The maximum absolute atomic E-state index is 11.1. The van der Waals surface area contributed by atoms with Crippen LogP contribution in [0.3, 0.4) is 0 Å². The molecule has 182 valence electrons. The van der Waals surface area contributed by atoms with Gasteiger partial charge in [0.2, 0.25) is 17.8 Å². The third-order valence-electron chi connectivity index (χ3n) is 5.41. The third-order valence-corrected chi connectivity index (χ3v) is 5.41. The lowest BCUT2D eigenvalue weighted by atomic mass is 10.2. The molecule has 1 saturated heterocycles. The molecule has 0 saturated carbocycles. The molecule has 2 N–H and O–H groups in total. The number of nitro groups is 1. The summed E-state index contributed by atoms with van der Waals surface area (Å²) in [5.41, 5.74) is 5.12. The molecule has 12 heteroatoms. The fraction of sp³-hybridized carbons (Fsp3) is 0.167. The Morgan fingerprint density at radius 3 is 2.58 bits per heavy atom. The van der Waals surface area contributed by atoms with Gasteiger partial charge in [-0.25, -0.2) is 5.43 Å². The number of hydrazone groups is 1. The fourth-order valence-corrected chi connectivity index (χ4v) is 3.67. The number of nitrogens with one attached hydrogen (secondary N) is 2. The Bertz CT molecular complexity index is 1370. The zero-order valence-corrected chi connectivity index (χ0v) is 19.2. The van der Waals surface area contributed by atoms with Crippen LogP contribution in [0.25, 0.3) is 5.69 Å². The Labute approximate surface area is 206 Å². The van der Waals surface area contributed by atoms with Gasteiger partial charge in [0.1, 0.15) is 0 Å². The summed E-state index contributed by atoms with van der Waals surface area (Å²) < 4.78 is 7.24. The maximum Gasteiger partial charge on any atom is 0.271 e. The Balaban J connectivity index is 1.38. The highest BCUT2D eigenvalue weighted by atomic mass is 16.6. The molecular weight excluding hydrogens is 462 g/mol. The molecule has 2 aromatic carbocycles. The lowest BCUT2D eigenvalue weighted by molar-refractivity contribution is -0.384. The number of hydrogen-bond acceptors (Lipinski definition) is 10. The predicted molar refractivity (Wildman–Crippen MR) is 136 cm³/mol. The molecule has 2 aromatic heterocycles. The molecule has 1 aliphatic rings. The normalized spacial score (nSPS) is 13.6. The van der Waals surface area contributed by atoms with E-state index in [-0.39, 0.29) is 11.6 Å². The number of aromatic nitrogens is 4. The summed E-state index contributed by atoms with van der Waals surface area (Å²) >= 11 is 0. The van der Waals surface area contributed by atoms with E-state index in [0.717, 1.165) is 5.69 Å². The SMILES string of the molecule is O=[N+]([O-])c1cccc(-n2cccc2/C=N\Nc2nc(Nc3ccccc3)nc(N3CCOCC3)n2)c1. The molecule has 0 radical (unpaired) electrons. The molecule has 36 heavy (non-hydrogen) atoms. The number of hydrogen-bond donors (Lipinski definition) is 2. The molecule has 0 aliphatic carbocycles. The average molecular weight is 486 g/mol. The Hall–Kier alpha value is -4.84. The Morgan fingerprint density at radius 1 is 0.972 bits per heavy atom. The first kappa shape index (κ1) is 22.9. The number of rotatable bonds is 8. The zero-order chi connectivity index (χ0) is 24.7. The van der Waals surface area contributed by atoms with Crippen molar-refractivity contribution in [1.29, 1.82) is 0 Å². The van der Waals surface area contributed by atoms with E-state index in [4.69, 9.17) is 4.74 Å². The van der Waals surface area contributed by atoms with Gasteiger partial charge in [-0.1, -0.05) is 24.3 Å². The Morgan fingerprint density at radius 2 is 1.78 bits per heavy atom. The van der Waals surface area contributed by atoms with E-state index >= 15 is 0 Å². The van der Waals surface area contributed by atoms with Crippen LogP contribution in [0, 0.1) is 10.1 Å². The highest BCUT2D eigenvalue weighted by Crippen LogP contribution is 2.20. The van der Waals surface area contributed by atoms with E-state index in [1.165, 1.54) is 12.1 Å². The fourth-order valence-electron chi connectivity index (χ4n) is 3.67. The van der Waals surface area contributed by atoms with Crippen LogP contribution < -0.4 is 15.6 Å². The predicted octanol–water partition coefficient (Wildman–Crippen LogP) is 3.60. The molecule has 0 spiro atoms. The first-order chi connectivity index (χ1) is 17.7. The maximum atomic E-state index is 11.1. The largest absolute Gasteiger partial charge is 0.378 e. The smallest absolute Gasteiger partial charge is 0.271 e. The van der Waals surface area contributed by atoms with Crippen LogP contribution in [0.15, 0.2) is 78.0 Å². The minimum absolute atomic E-state index is 0.0153. The minimum atomic E-state index is -0.420. The molecule has 1 aliphatic heterocycles. The van der Waals surface area contributed by atoms with Crippen molar-refractivity contribution in [2.75, 3.05) is 41.9 Å². The van der Waals surface area contributed by atoms with Crippen molar-refractivity contribution in [3.05, 3.63) is 88.7 Å². The van der Waals surface area contributed by atoms with Gasteiger partial charge in [0, 0.05) is 37.1 Å². The zero-order valence-electron chi connectivity index (χ0n) is 19.2. The number of benzene rings is 2. The molecule has 3 heterocycles. The number of nitro benzene ring substituents is 1.